The second-order valence-corrected chi connectivity index (χ2v) is 5.33. The van der Waals surface area contributed by atoms with Crippen LogP contribution in [0.5, 0.6) is 0 Å². The van der Waals surface area contributed by atoms with Crippen molar-refractivity contribution >= 4 is 11.9 Å². The van der Waals surface area contributed by atoms with Crippen LogP contribution < -0.4 is 10.2 Å². The van der Waals surface area contributed by atoms with E-state index in [0.717, 1.165) is 25.9 Å². The molecule has 0 aromatic carbocycles. The minimum atomic E-state index is -0.436. The molecular weight excluding hydrogens is 263 g/mol. The number of hydrogen-bond acceptors (Lipinski definition) is 5. The van der Waals surface area contributed by atoms with Crippen molar-refractivity contribution in [2.24, 2.45) is 0 Å². The minimum absolute atomic E-state index is 0.0000335. The van der Waals surface area contributed by atoms with E-state index in [-0.39, 0.29) is 24.2 Å². The molecule has 3 rings (SSSR count). The quantitative estimate of drug-likeness (QED) is 0.811. The van der Waals surface area contributed by atoms with Crippen LogP contribution in [0.3, 0.4) is 0 Å². The van der Waals surface area contributed by atoms with Gasteiger partial charge in [0.1, 0.15) is 6.61 Å². The number of nitrogens with zero attached hydrogens (tertiary/aromatic N) is 3. The fourth-order valence-corrected chi connectivity index (χ4v) is 2.88. The molecule has 1 atom stereocenters. The van der Waals surface area contributed by atoms with Gasteiger partial charge in [-0.2, -0.15) is 0 Å². The monoisotopic (exact) mass is 280 g/mol. The molecule has 2 aliphatic rings. The lowest BCUT2D eigenvalue weighted by Crippen LogP contribution is -2.62. The Bertz CT molecular complexity index is 500. The SMILES string of the molecule is C[C@@H]1NC(=O)COC12CCN(c1ncc(F)cn1)CC2. The first kappa shape index (κ1) is 13.2. The van der Waals surface area contributed by atoms with Crippen LogP contribution in [0, 0.1) is 5.82 Å². The number of hydrogen-bond donors (Lipinski definition) is 1. The molecule has 2 fully saturated rings. The van der Waals surface area contributed by atoms with Crippen LogP contribution in [0.4, 0.5) is 10.3 Å². The zero-order chi connectivity index (χ0) is 14.2. The first-order valence-corrected chi connectivity index (χ1v) is 6.75. The molecule has 3 heterocycles. The molecule has 1 spiro atoms. The number of amides is 1. The number of carbonyl (C=O) groups excluding carboxylic acids is 1. The van der Waals surface area contributed by atoms with E-state index in [0.29, 0.717) is 5.95 Å². The average Bonchev–Trinajstić information content (AvgIpc) is 2.45. The van der Waals surface area contributed by atoms with Crippen molar-refractivity contribution in [2.75, 3.05) is 24.6 Å². The van der Waals surface area contributed by atoms with Crippen molar-refractivity contribution < 1.29 is 13.9 Å². The fourth-order valence-electron chi connectivity index (χ4n) is 2.88. The maximum Gasteiger partial charge on any atom is 0.246 e. The van der Waals surface area contributed by atoms with E-state index in [4.69, 9.17) is 4.74 Å². The Kier molecular flexibility index (Phi) is 3.29. The van der Waals surface area contributed by atoms with Gasteiger partial charge in [-0.3, -0.25) is 4.79 Å². The number of morpholine rings is 1. The van der Waals surface area contributed by atoms with Gasteiger partial charge in [-0.05, 0) is 19.8 Å². The van der Waals surface area contributed by atoms with Crippen LogP contribution in [0.1, 0.15) is 19.8 Å². The lowest BCUT2D eigenvalue weighted by molar-refractivity contribution is -0.154. The molecule has 0 unspecified atom stereocenters. The van der Waals surface area contributed by atoms with Crippen molar-refractivity contribution in [3.05, 3.63) is 18.2 Å². The summed E-state index contributed by atoms with van der Waals surface area (Å²) in [5.41, 5.74) is -0.301. The van der Waals surface area contributed by atoms with Crippen molar-refractivity contribution in [1.82, 2.24) is 15.3 Å². The molecule has 0 bridgehead atoms. The normalized spacial score (nSPS) is 25.6. The summed E-state index contributed by atoms with van der Waals surface area (Å²) < 4.78 is 18.6. The molecule has 0 saturated carbocycles. The zero-order valence-corrected chi connectivity index (χ0v) is 11.3. The molecule has 6 nitrogen and oxygen atoms in total. The number of carbonyl (C=O) groups is 1. The third-order valence-corrected chi connectivity index (χ3v) is 4.16. The first-order chi connectivity index (χ1) is 9.59. The average molecular weight is 280 g/mol. The van der Waals surface area contributed by atoms with Crippen molar-refractivity contribution in [2.45, 2.75) is 31.4 Å². The van der Waals surface area contributed by atoms with Gasteiger partial charge in [0.05, 0.1) is 24.0 Å². The molecule has 0 aliphatic carbocycles. The molecule has 20 heavy (non-hydrogen) atoms. The largest absolute Gasteiger partial charge is 0.363 e. The molecule has 1 N–H and O–H groups in total. The van der Waals surface area contributed by atoms with E-state index >= 15 is 0 Å². The summed E-state index contributed by atoms with van der Waals surface area (Å²) in [5.74, 6) is 0.0374. The number of aromatic nitrogens is 2. The van der Waals surface area contributed by atoms with Gasteiger partial charge in [0.15, 0.2) is 5.82 Å². The Balaban J connectivity index is 1.67. The smallest absolute Gasteiger partial charge is 0.246 e. The highest BCUT2D eigenvalue weighted by Gasteiger charge is 2.44. The summed E-state index contributed by atoms with van der Waals surface area (Å²) >= 11 is 0. The summed E-state index contributed by atoms with van der Waals surface area (Å²) in [7, 11) is 0. The van der Waals surface area contributed by atoms with Crippen LogP contribution >= 0.6 is 0 Å². The third kappa shape index (κ3) is 2.33. The molecular formula is C13H17FN4O2. The van der Waals surface area contributed by atoms with E-state index in [2.05, 4.69) is 15.3 Å². The first-order valence-electron chi connectivity index (χ1n) is 6.75. The van der Waals surface area contributed by atoms with Crippen LogP contribution in [0.15, 0.2) is 12.4 Å². The predicted octanol–water partition coefficient (Wildman–Crippen LogP) is 0.490. The standard InChI is InChI=1S/C13H17FN4O2/c1-9-13(20-8-11(19)17-9)2-4-18(5-3-13)12-15-6-10(14)7-16-12/h6-7,9H,2-5,8H2,1H3,(H,17,19)/t9-/m0/s1. The molecule has 2 aliphatic heterocycles. The van der Waals surface area contributed by atoms with Gasteiger partial charge in [-0.15, -0.1) is 0 Å². The molecule has 1 amide bonds. The summed E-state index contributed by atoms with van der Waals surface area (Å²) in [4.78, 5) is 21.3. The number of nitrogens with one attached hydrogen (secondary N) is 1. The maximum absolute atomic E-state index is 12.8. The number of halogens is 1. The highest BCUT2D eigenvalue weighted by Crippen LogP contribution is 2.32. The van der Waals surface area contributed by atoms with Gasteiger partial charge in [-0.25, -0.2) is 14.4 Å². The fraction of sp³-hybridized carbons (Fsp3) is 0.615. The Morgan fingerprint density at radius 3 is 2.65 bits per heavy atom. The van der Waals surface area contributed by atoms with Crippen molar-refractivity contribution in [1.29, 1.82) is 0 Å². The van der Waals surface area contributed by atoms with E-state index < -0.39 is 5.82 Å². The second-order valence-electron chi connectivity index (χ2n) is 5.33. The van der Waals surface area contributed by atoms with Crippen molar-refractivity contribution in [3.8, 4) is 0 Å². The van der Waals surface area contributed by atoms with Gasteiger partial charge >= 0.3 is 0 Å². The number of ether oxygens (including phenoxy) is 1. The minimum Gasteiger partial charge on any atom is -0.363 e. The molecule has 7 heteroatoms. The van der Waals surface area contributed by atoms with Crippen molar-refractivity contribution in [3.63, 3.8) is 0 Å². The summed E-state index contributed by atoms with van der Waals surface area (Å²) in [6.45, 7) is 3.55. The van der Waals surface area contributed by atoms with Gasteiger partial charge in [0, 0.05) is 13.1 Å². The van der Waals surface area contributed by atoms with Crippen LogP contribution in [0.2, 0.25) is 0 Å². The van der Waals surface area contributed by atoms with Crippen LogP contribution in [-0.2, 0) is 9.53 Å². The van der Waals surface area contributed by atoms with E-state index in [9.17, 15) is 9.18 Å². The van der Waals surface area contributed by atoms with Gasteiger partial charge in [-0.1, -0.05) is 0 Å². The Hall–Kier alpha value is -1.76. The highest BCUT2D eigenvalue weighted by atomic mass is 19.1. The molecule has 1 aromatic heterocycles. The number of anilines is 1. The van der Waals surface area contributed by atoms with Crippen LogP contribution in [0.25, 0.3) is 0 Å². The Morgan fingerprint density at radius 2 is 2.05 bits per heavy atom. The Morgan fingerprint density at radius 1 is 1.40 bits per heavy atom. The maximum atomic E-state index is 12.8. The topological polar surface area (TPSA) is 67.3 Å². The summed E-state index contributed by atoms with van der Waals surface area (Å²) in [6.07, 6.45) is 3.92. The summed E-state index contributed by atoms with van der Waals surface area (Å²) in [5, 5.41) is 2.94. The molecule has 2 saturated heterocycles. The molecule has 0 radical (unpaired) electrons. The Labute approximate surface area is 116 Å². The van der Waals surface area contributed by atoms with Gasteiger partial charge in [0.25, 0.3) is 0 Å². The molecule has 108 valence electrons. The lowest BCUT2D eigenvalue weighted by atomic mass is 9.84. The highest BCUT2D eigenvalue weighted by molar-refractivity contribution is 5.78. The van der Waals surface area contributed by atoms with Crippen LogP contribution in [-0.4, -0.2) is 47.2 Å². The van der Waals surface area contributed by atoms with Gasteiger partial charge in [0.2, 0.25) is 11.9 Å². The van der Waals surface area contributed by atoms with E-state index in [1.54, 1.807) is 0 Å². The summed E-state index contributed by atoms with van der Waals surface area (Å²) in [6, 6.07) is 0.0000335. The second kappa shape index (κ2) is 4.97. The number of piperidine rings is 1. The number of rotatable bonds is 1. The molecule has 1 aromatic rings. The third-order valence-electron chi connectivity index (χ3n) is 4.16. The van der Waals surface area contributed by atoms with Gasteiger partial charge < -0.3 is 15.0 Å². The lowest BCUT2D eigenvalue weighted by Gasteiger charge is -2.47. The van der Waals surface area contributed by atoms with E-state index in [1.807, 2.05) is 11.8 Å². The van der Waals surface area contributed by atoms with E-state index in [1.165, 1.54) is 12.4 Å². The predicted molar refractivity (Wildman–Crippen MR) is 69.7 cm³/mol. The zero-order valence-electron chi connectivity index (χ0n) is 11.3.